The number of rotatable bonds is 1. The summed E-state index contributed by atoms with van der Waals surface area (Å²) in [5.41, 5.74) is -0.210. The number of halogens is 2. The Labute approximate surface area is 129 Å². The monoisotopic (exact) mass is 357 g/mol. The van der Waals surface area contributed by atoms with Crippen LogP contribution in [0.4, 0.5) is 0 Å². The third-order valence-corrected chi connectivity index (χ3v) is 4.81. The summed E-state index contributed by atoms with van der Waals surface area (Å²) in [6, 6.07) is 5.21. The van der Waals surface area contributed by atoms with Crippen molar-refractivity contribution in [3.63, 3.8) is 0 Å². The van der Waals surface area contributed by atoms with E-state index in [-0.39, 0.29) is 11.7 Å². The highest BCUT2D eigenvalue weighted by Gasteiger charge is 2.53. The second-order valence-electron chi connectivity index (χ2n) is 5.15. The number of Topliss-reactive ketones (excluding diaryl/α,β-unsaturated/α-hetero) is 1. The first-order valence-corrected chi connectivity index (χ1v) is 7.60. The first kappa shape index (κ1) is 14.0. The number of carbonyl (C=O) groups is 2. The second-order valence-corrected chi connectivity index (χ2v) is 6.47. The van der Waals surface area contributed by atoms with Crippen LogP contribution in [-0.2, 0) is 14.3 Å². The first-order valence-electron chi connectivity index (χ1n) is 6.42. The molecule has 0 aliphatic carbocycles. The zero-order chi connectivity index (χ0) is 14.3. The highest BCUT2D eigenvalue weighted by molar-refractivity contribution is 9.10. The average molecular weight is 359 g/mol. The fourth-order valence-electron chi connectivity index (χ4n) is 2.87. The SMILES string of the molecule is O=C1NC2(CCOCC2)C(=O)C1c1cc(Br)ccc1Cl. The summed E-state index contributed by atoms with van der Waals surface area (Å²) >= 11 is 9.51. The topological polar surface area (TPSA) is 55.4 Å². The van der Waals surface area contributed by atoms with Crippen molar-refractivity contribution in [1.82, 2.24) is 5.32 Å². The Morgan fingerprint density at radius 3 is 2.70 bits per heavy atom. The zero-order valence-electron chi connectivity index (χ0n) is 10.6. The van der Waals surface area contributed by atoms with Crippen LogP contribution in [0.1, 0.15) is 24.3 Å². The maximum absolute atomic E-state index is 12.7. The smallest absolute Gasteiger partial charge is 0.236 e. The van der Waals surface area contributed by atoms with E-state index in [1.807, 2.05) is 0 Å². The number of carbonyl (C=O) groups excluding carboxylic acids is 2. The van der Waals surface area contributed by atoms with Gasteiger partial charge < -0.3 is 10.1 Å². The number of amides is 1. The van der Waals surface area contributed by atoms with Crippen LogP contribution in [0.3, 0.4) is 0 Å². The highest BCUT2D eigenvalue weighted by Crippen LogP contribution is 2.38. The van der Waals surface area contributed by atoms with E-state index >= 15 is 0 Å². The standard InChI is InChI=1S/C14H13BrClNO3/c15-8-1-2-10(16)9(7-8)11-12(18)14(17-13(11)19)3-5-20-6-4-14/h1-2,7,11H,3-6H2,(H,17,19). The number of ketones is 1. The van der Waals surface area contributed by atoms with Gasteiger partial charge in [-0.15, -0.1) is 0 Å². The minimum Gasteiger partial charge on any atom is -0.381 e. The molecular formula is C14H13BrClNO3. The van der Waals surface area contributed by atoms with Gasteiger partial charge >= 0.3 is 0 Å². The summed E-state index contributed by atoms with van der Waals surface area (Å²) in [5, 5.41) is 3.31. The van der Waals surface area contributed by atoms with E-state index in [1.54, 1.807) is 18.2 Å². The molecule has 2 fully saturated rings. The van der Waals surface area contributed by atoms with E-state index in [2.05, 4.69) is 21.2 Å². The van der Waals surface area contributed by atoms with Gasteiger partial charge in [-0.25, -0.2) is 0 Å². The molecular weight excluding hydrogens is 346 g/mol. The lowest BCUT2D eigenvalue weighted by Gasteiger charge is -2.31. The Hall–Kier alpha value is -0.910. The normalized spacial score (nSPS) is 25.0. The van der Waals surface area contributed by atoms with Crippen molar-refractivity contribution < 1.29 is 14.3 Å². The maximum atomic E-state index is 12.7. The molecule has 106 valence electrons. The van der Waals surface area contributed by atoms with Crippen LogP contribution in [-0.4, -0.2) is 30.4 Å². The molecule has 1 N–H and O–H groups in total. The van der Waals surface area contributed by atoms with Crippen molar-refractivity contribution in [1.29, 1.82) is 0 Å². The number of hydrogen-bond acceptors (Lipinski definition) is 3. The lowest BCUT2D eigenvalue weighted by atomic mass is 9.82. The van der Waals surface area contributed by atoms with Gasteiger partial charge in [0.2, 0.25) is 5.91 Å². The second kappa shape index (κ2) is 5.13. The highest BCUT2D eigenvalue weighted by atomic mass is 79.9. The van der Waals surface area contributed by atoms with Gasteiger partial charge in [-0.3, -0.25) is 9.59 Å². The minimum absolute atomic E-state index is 0.0919. The quantitative estimate of drug-likeness (QED) is 0.785. The molecule has 6 heteroatoms. The summed E-state index contributed by atoms with van der Waals surface area (Å²) in [7, 11) is 0. The van der Waals surface area contributed by atoms with E-state index in [0.717, 1.165) is 4.47 Å². The Morgan fingerprint density at radius 1 is 1.30 bits per heavy atom. The van der Waals surface area contributed by atoms with Gasteiger partial charge in [0.15, 0.2) is 5.78 Å². The molecule has 1 amide bonds. The largest absolute Gasteiger partial charge is 0.381 e. The van der Waals surface area contributed by atoms with E-state index in [9.17, 15) is 9.59 Å². The molecule has 0 bridgehead atoms. The van der Waals surface area contributed by atoms with E-state index in [0.29, 0.717) is 36.6 Å². The van der Waals surface area contributed by atoms with Crippen molar-refractivity contribution in [2.45, 2.75) is 24.3 Å². The average Bonchev–Trinajstić information content (AvgIpc) is 2.65. The zero-order valence-corrected chi connectivity index (χ0v) is 13.0. The summed E-state index contributed by atoms with van der Waals surface area (Å²) in [4.78, 5) is 25.0. The van der Waals surface area contributed by atoms with Gasteiger partial charge in [-0.05, 0) is 23.8 Å². The molecule has 2 aliphatic heterocycles. The predicted molar refractivity (Wildman–Crippen MR) is 77.8 cm³/mol. The molecule has 0 saturated carbocycles. The third kappa shape index (κ3) is 2.18. The van der Waals surface area contributed by atoms with Crippen molar-refractivity contribution in [2.24, 2.45) is 0 Å². The number of ether oxygens (including phenoxy) is 1. The van der Waals surface area contributed by atoms with Crippen molar-refractivity contribution in [3.8, 4) is 0 Å². The van der Waals surface area contributed by atoms with Crippen molar-refractivity contribution in [2.75, 3.05) is 13.2 Å². The molecule has 1 spiro atoms. The molecule has 1 atom stereocenters. The number of nitrogens with one attached hydrogen (secondary N) is 1. The molecule has 2 saturated heterocycles. The van der Waals surface area contributed by atoms with Crippen molar-refractivity contribution in [3.05, 3.63) is 33.3 Å². The Balaban J connectivity index is 2.00. The van der Waals surface area contributed by atoms with Crippen LogP contribution in [0.5, 0.6) is 0 Å². The van der Waals surface area contributed by atoms with Gasteiger partial charge in [-0.1, -0.05) is 27.5 Å². The van der Waals surface area contributed by atoms with E-state index < -0.39 is 11.5 Å². The molecule has 0 radical (unpaired) electrons. The molecule has 1 aromatic rings. The molecule has 2 heterocycles. The summed E-state index contributed by atoms with van der Waals surface area (Å²) < 4.78 is 6.08. The molecule has 0 aromatic heterocycles. The van der Waals surface area contributed by atoms with Crippen LogP contribution < -0.4 is 5.32 Å². The third-order valence-electron chi connectivity index (χ3n) is 3.97. The van der Waals surface area contributed by atoms with Crippen LogP contribution in [0.15, 0.2) is 22.7 Å². The summed E-state index contributed by atoms with van der Waals surface area (Å²) in [6.45, 7) is 0.982. The Morgan fingerprint density at radius 2 is 2.00 bits per heavy atom. The summed E-state index contributed by atoms with van der Waals surface area (Å²) in [6.07, 6.45) is 1.05. The van der Waals surface area contributed by atoms with Crippen LogP contribution >= 0.6 is 27.5 Å². The maximum Gasteiger partial charge on any atom is 0.236 e. The molecule has 20 heavy (non-hydrogen) atoms. The molecule has 3 rings (SSSR count). The lowest BCUT2D eigenvalue weighted by Crippen LogP contribution is -2.50. The van der Waals surface area contributed by atoms with Crippen LogP contribution in [0.2, 0.25) is 5.02 Å². The van der Waals surface area contributed by atoms with Crippen LogP contribution in [0.25, 0.3) is 0 Å². The molecule has 4 nitrogen and oxygen atoms in total. The number of hydrogen-bond donors (Lipinski definition) is 1. The fourth-order valence-corrected chi connectivity index (χ4v) is 3.48. The number of benzene rings is 1. The molecule has 2 aliphatic rings. The van der Waals surface area contributed by atoms with Crippen molar-refractivity contribution >= 4 is 39.2 Å². The summed E-state index contributed by atoms with van der Waals surface area (Å²) in [5.74, 6) is -1.18. The first-order chi connectivity index (χ1) is 9.53. The molecule has 1 aromatic carbocycles. The van der Waals surface area contributed by atoms with E-state index in [1.165, 1.54) is 0 Å². The Kier molecular flexibility index (Phi) is 3.60. The van der Waals surface area contributed by atoms with Gasteiger partial charge in [0, 0.05) is 35.6 Å². The lowest BCUT2D eigenvalue weighted by molar-refractivity contribution is -0.127. The fraction of sp³-hybridized carbons (Fsp3) is 0.429. The van der Waals surface area contributed by atoms with Gasteiger partial charge in [-0.2, -0.15) is 0 Å². The van der Waals surface area contributed by atoms with Gasteiger partial charge in [0.25, 0.3) is 0 Å². The minimum atomic E-state index is -0.821. The predicted octanol–water partition coefficient (Wildman–Crippen LogP) is 2.43. The Bertz CT molecular complexity index is 584. The van der Waals surface area contributed by atoms with Gasteiger partial charge in [0.1, 0.15) is 11.5 Å². The van der Waals surface area contributed by atoms with Gasteiger partial charge in [0.05, 0.1) is 0 Å². The van der Waals surface area contributed by atoms with Crippen LogP contribution in [0, 0.1) is 0 Å². The van der Waals surface area contributed by atoms with E-state index in [4.69, 9.17) is 16.3 Å². The molecule has 1 unspecified atom stereocenters.